The molecule has 0 saturated heterocycles. The Morgan fingerprint density at radius 1 is 1.05 bits per heavy atom. The van der Waals surface area contributed by atoms with E-state index in [1.165, 1.54) is 5.56 Å². The van der Waals surface area contributed by atoms with Gasteiger partial charge >= 0.3 is 0 Å². The fraction of sp³-hybridized carbons (Fsp3) is 0.625. The summed E-state index contributed by atoms with van der Waals surface area (Å²) in [6, 6.07) is 6.32. The first kappa shape index (κ1) is 15.8. The molecular weight excluding hydrogens is 238 g/mol. The molecule has 0 fully saturated rings. The Bertz CT molecular complexity index is 377. The van der Waals surface area contributed by atoms with E-state index in [1.54, 1.807) is 0 Å². The van der Waals surface area contributed by atoms with E-state index in [4.69, 9.17) is 15.2 Å². The minimum atomic E-state index is 0.244. The first-order valence-electron chi connectivity index (χ1n) is 7.23. The first-order valence-corrected chi connectivity index (χ1v) is 7.23. The average molecular weight is 265 g/mol. The van der Waals surface area contributed by atoms with E-state index in [0.717, 1.165) is 24.3 Å². The van der Waals surface area contributed by atoms with Crippen molar-refractivity contribution in [3.63, 3.8) is 0 Å². The third kappa shape index (κ3) is 5.11. The Balaban J connectivity index is 2.88. The second kappa shape index (κ2) is 8.05. The van der Waals surface area contributed by atoms with E-state index < -0.39 is 0 Å². The van der Waals surface area contributed by atoms with Crippen LogP contribution in [0.5, 0.6) is 11.5 Å². The second-order valence-electron chi connectivity index (χ2n) is 5.02. The highest BCUT2D eigenvalue weighted by Crippen LogP contribution is 2.33. The Labute approximate surface area is 117 Å². The summed E-state index contributed by atoms with van der Waals surface area (Å²) in [5.74, 6) is 2.30. The molecule has 0 aromatic heterocycles. The Morgan fingerprint density at radius 2 is 1.74 bits per heavy atom. The number of hydrogen-bond donors (Lipinski definition) is 1. The van der Waals surface area contributed by atoms with Gasteiger partial charge in [0, 0.05) is 11.6 Å². The zero-order chi connectivity index (χ0) is 14.3. The maximum Gasteiger partial charge on any atom is 0.123 e. The van der Waals surface area contributed by atoms with Crippen LogP contribution in [0.4, 0.5) is 0 Å². The zero-order valence-corrected chi connectivity index (χ0v) is 12.6. The van der Waals surface area contributed by atoms with Gasteiger partial charge in [-0.3, -0.25) is 0 Å². The number of rotatable bonds is 8. The Hall–Kier alpha value is -1.22. The molecule has 0 amide bonds. The molecule has 0 aliphatic heterocycles. The van der Waals surface area contributed by atoms with Crippen LogP contribution in [0.1, 0.15) is 52.0 Å². The van der Waals surface area contributed by atoms with Crippen LogP contribution in [0, 0.1) is 0 Å². The van der Waals surface area contributed by atoms with Crippen LogP contribution in [-0.4, -0.2) is 19.3 Å². The monoisotopic (exact) mass is 265 g/mol. The predicted octanol–water partition coefficient (Wildman–Crippen LogP) is 3.71. The molecule has 2 unspecified atom stereocenters. The van der Waals surface area contributed by atoms with Gasteiger partial charge in [-0.15, -0.1) is 0 Å². The molecule has 0 aliphatic carbocycles. The minimum Gasteiger partial charge on any atom is -0.494 e. The van der Waals surface area contributed by atoms with Crippen molar-refractivity contribution in [2.45, 2.75) is 52.5 Å². The molecule has 2 N–H and O–H groups in total. The summed E-state index contributed by atoms with van der Waals surface area (Å²) in [6.45, 7) is 9.63. The van der Waals surface area contributed by atoms with Gasteiger partial charge in [0.25, 0.3) is 0 Å². The molecular formula is C16H27NO2. The average Bonchev–Trinajstić information content (AvgIpc) is 2.38. The lowest BCUT2D eigenvalue weighted by molar-refractivity contribution is 0.325. The summed E-state index contributed by atoms with van der Waals surface area (Å²) in [4.78, 5) is 0. The molecule has 1 aromatic carbocycles. The van der Waals surface area contributed by atoms with Gasteiger partial charge in [0.1, 0.15) is 11.5 Å². The molecule has 1 aromatic rings. The number of nitrogens with two attached hydrogens (primary N) is 1. The molecule has 3 nitrogen and oxygen atoms in total. The SMILES string of the molecule is CCOc1ccc(OCC)c(C(C)CCC(C)N)c1. The van der Waals surface area contributed by atoms with E-state index >= 15 is 0 Å². The molecule has 1 rings (SSSR count). The number of benzene rings is 1. The van der Waals surface area contributed by atoms with E-state index in [-0.39, 0.29) is 6.04 Å². The van der Waals surface area contributed by atoms with Crippen LogP contribution in [0.2, 0.25) is 0 Å². The molecule has 0 spiro atoms. The lowest BCUT2D eigenvalue weighted by Crippen LogP contribution is -2.15. The Morgan fingerprint density at radius 3 is 2.32 bits per heavy atom. The Kier molecular flexibility index (Phi) is 6.71. The molecule has 2 atom stereocenters. The summed E-state index contributed by atoms with van der Waals surface area (Å²) >= 11 is 0. The summed E-state index contributed by atoms with van der Waals surface area (Å²) in [7, 11) is 0. The van der Waals surface area contributed by atoms with Crippen LogP contribution in [0.15, 0.2) is 18.2 Å². The van der Waals surface area contributed by atoms with Crippen molar-refractivity contribution in [2.24, 2.45) is 5.73 Å². The highest BCUT2D eigenvalue weighted by Gasteiger charge is 2.14. The highest BCUT2D eigenvalue weighted by atomic mass is 16.5. The third-order valence-corrected chi connectivity index (χ3v) is 3.18. The van der Waals surface area contributed by atoms with E-state index in [2.05, 4.69) is 13.0 Å². The molecule has 0 bridgehead atoms. The predicted molar refractivity (Wildman–Crippen MR) is 80.1 cm³/mol. The van der Waals surface area contributed by atoms with Crippen LogP contribution >= 0.6 is 0 Å². The molecule has 0 heterocycles. The summed E-state index contributed by atoms with van der Waals surface area (Å²) < 4.78 is 11.3. The van der Waals surface area contributed by atoms with Gasteiger partial charge in [-0.05, 0) is 57.7 Å². The lowest BCUT2D eigenvalue weighted by atomic mass is 9.93. The van der Waals surface area contributed by atoms with Crippen molar-refractivity contribution >= 4 is 0 Å². The van der Waals surface area contributed by atoms with Gasteiger partial charge in [0.05, 0.1) is 13.2 Å². The maximum absolute atomic E-state index is 5.84. The molecule has 3 heteroatoms. The van der Waals surface area contributed by atoms with Gasteiger partial charge in [-0.1, -0.05) is 6.92 Å². The molecule has 19 heavy (non-hydrogen) atoms. The van der Waals surface area contributed by atoms with Crippen molar-refractivity contribution in [3.05, 3.63) is 23.8 Å². The first-order chi connectivity index (χ1) is 9.08. The van der Waals surface area contributed by atoms with Gasteiger partial charge in [0.2, 0.25) is 0 Å². The minimum absolute atomic E-state index is 0.244. The fourth-order valence-electron chi connectivity index (χ4n) is 2.12. The quantitative estimate of drug-likeness (QED) is 0.779. The smallest absolute Gasteiger partial charge is 0.123 e. The molecule has 108 valence electrons. The standard InChI is InChI=1S/C16H27NO2/c1-5-18-14-9-10-16(19-6-2)15(11-14)12(3)7-8-13(4)17/h9-13H,5-8,17H2,1-4H3. The number of hydrogen-bond acceptors (Lipinski definition) is 3. The van der Waals surface area contributed by atoms with E-state index in [9.17, 15) is 0 Å². The van der Waals surface area contributed by atoms with Crippen molar-refractivity contribution in [2.75, 3.05) is 13.2 Å². The van der Waals surface area contributed by atoms with Gasteiger partial charge in [-0.2, -0.15) is 0 Å². The normalized spacial score (nSPS) is 13.9. The van der Waals surface area contributed by atoms with Crippen LogP contribution in [-0.2, 0) is 0 Å². The van der Waals surface area contributed by atoms with Crippen LogP contribution < -0.4 is 15.2 Å². The topological polar surface area (TPSA) is 44.5 Å². The highest BCUT2D eigenvalue weighted by molar-refractivity contribution is 5.42. The molecule has 0 saturated carbocycles. The second-order valence-corrected chi connectivity index (χ2v) is 5.02. The van der Waals surface area contributed by atoms with Crippen LogP contribution in [0.25, 0.3) is 0 Å². The zero-order valence-electron chi connectivity index (χ0n) is 12.6. The van der Waals surface area contributed by atoms with Gasteiger partial charge < -0.3 is 15.2 Å². The van der Waals surface area contributed by atoms with Crippen molar-refractivity contribution in [1.82, 2.24) is 0 Å². The third-order valence-electron chi connectivity index (χ3n) is 3.18. The van der Waals surface area contributed by atoms with Crippen LogP contribution in [0.3, 0.4) is 0 Å². The summed E-state index contributed by atoms with van der Waals surface area (Å²) in [5, 5.41) is 0. The van der Waals surface area contributed by atoms with Crippen molar-refractivity contribution < 1.29 is 9.47 Å². The largest absolute Gasteiger partial charge is 0.494 e. The van der Waals surface area contributed by atoms with E-state index in [1.807, 2.05) is 32.9 Å². The molecule has 0 aliphatic rings. The van der Waals surface area contributed by atoms with E-state index in [0.29, 0.717) is 19.1 Å². The van der Waals surface area contributed by atoms with Gasteiger partial charge in [-0.25, -0.2) is 0 Å². The fourth-order valence-corrected chi connectivity index (χ4v) is 2.12. The van der Waals surface area contributed by atoms with Crippen molar-refractivity contribution in [3.8, 4) is 11.5 Å². The summed E-state index contributed by atoms with van der Waals surface area (Å²) in [6.07, 6.45) is 2.08. The number of ether oxygens (including phenoxy) is 2. The molecule has 0 radical (unpaired) electrons. The summed E-state index contributed by atoms with van der Waals surface area (Å²) in [5.41, 5.74) is 7.05. The van der Waals surface area contributed by atoms with Crippen molar-refractivity contribution in [1.29, 1.82) is 0 Å². The van der Waals surface area contributed by atoms with Gasteiger partial charge in [0.15, 0.2) is 0 Å². The maximum atomic E-state index is 5.84. The lowest BCUT2D eigenvalue weighted by Gasteiger charge is -2.18.